The molecule has 1 amide bonds. The normalized spacial score (nSPS) is 13.3. The number of likely N-dealkylation sites (N-methyl/N-ethyl adjacent to an activating group) is 1. The average molecular weight is 409 g/mol. The molecule has 1 aliphatic rings. The van der Waals surface area contributed by atoms with Gasteiger partial charge < -0.3 is 15.2 Å². The summed E-state index contributed by atoms with van der Waals surface area (Å²) in [6.45, 7) is 5.86. The number of nitrogens with zero attached hydrogens (tertiary/aromatic N) is 2. The van der Waals surface area contributed by atoms with Gasteiger partial charge in [0, 0.05) is 29.7 Å². The van der Waals surface area contributed by atoms with Gasteiger partial charge in [0.15, 0.2) is 0 Å². The summed E-state index contributed by atoms with van der Waals surface area (Å²) in [6, 6.07) is 5.39. The minimum absolute atomic E-state index is 0.00661. The molecule has 1 aromatic carbocycles. The zero-order valence-electron chi connectivity index (χ0n) is 15.3. The molecule has 0 spiro atoms. The Morgan fingerprint density at radius 2 is 1.93 bits per heavy atom. The van der Waals surface area contributed by atoms with Crippen LogP contribution >= 0.6 is 23.2 Å². The highest BCUT2D eigenvalue weighted by molar-refractivity contribution is 6.35. The van der Waals surface area contributed by atoms with Gasteiger partial charge in [-0.2, -0.15) is 0 Å². The molecule has 1 aliphatic heterocycles. The summed E-state index contributed by atoms with van der Waals surface area (Å²) < 4.78 is 1.49. The fourth-order valence-corrected chi connectivity index (χ4v) is 3.73. The van der Waals surface area contributed by atoms with Gasteiger partial charge in [-0.3, -0.25) is 9.36 Å². The number of hydrogen-bond donors (Lipinski definition) is 2. The molecular weight excluding hydrogens is 387 g/mol. The lowest BCUT2D eigenvalue weighted by Gasteiger charge is -2.29. The second-order valence-electron chi connectivity index (χ2n) is 6.45. The van der Waals surface area contributed by atoms with E-state index in [1.807, 2.05) is 32.1 Å². The minimum Gasteiger partial charge on any atom is -0.355 e. The van der Waals surface area contributed by atoms with Crippen molar-refractivity contribution in [2.24, 2.45) is 0 Å². The molecule has 0 bridgehead atoms. The molecule has 144 valence electrons. The van der Waals surface area contributed by atoms with Crippen LogP contribution in [-0.4, -0.2) is 35.1 Å². The Bertz CT molecular complexity index is 925. The number of aromatic nitrogens is 2. The molecule has 2 aromatic rings. The van der Waals surface area contributed by atoms with Crippen LogP contribution < -0.4 is 15.9 Å². The Morgan fingerprint density at radius 3 is 2.56 bits per heavy atom. The zero-order valence-corrected chi connectivity index (χ0v) is 16.8. The Hall–Kier alpha value is -2.18. The van der Waals surface area contributed by atoms with Crippen LogP contribution in [0.5, 0.6) is 0 Å². The number of carbonyl (C=O) groups excluding carboxylic acids is 1. The highest BCUT2D eigenvalue weighted by atomic mass is 35.5. The summed E-state index contributed by atoms with van der Waals surface area (Å²) in [5.41, 5.74) is 2.29. The number of anilines is 1. The van der Waals surface area contributed by atoms with E-state index < -0.39 is 0 Å². The molecule has 2 heterocycles. The number of aromatic amines is 1. The first-order valence-corrected chi connectivity index (χ1v) is 9.70. The summed E-state index contributed by atoms with van der Waals surface area (Å²) in [7, 11) is 0. The van der Waals surface area contributed by atoms with E-state index in [9.17, 15) is 9.59 Å². The van der Waals surface area contributed by atoms with E-state index in [0.29, 0.717) is 35.4 Å². The average Bonchev–Trinajstić information content (AvgIpc) is 2.93. The smallest absolute Gasteiger partial charge is 0.328 e. The van der Waals surface area contributed by atoms with Crippen LogP contribution in [0.1, 0.15) is 31.5 Å². The van der Waals surface area contributed by atoms with Crippen LogP contribution in [0.3, 0.4) is 0 Å². The highest BCUT2D eigenvalue weighted by Gasteiger charge is 2.25. The molecule has 0 saturated carbocycles. The predicted molar refractivity (Wildman–Crippen MR) is 111 cm³/mol. The van der Waals surface area contributed by atoms with Gasteiger partial charge in [0.25, 0.3) is 0 Å². The van der Waals surface area contributed by atoms with Crippen molar-refractivity contribution in [1.82, 2.24) is 14.9 Å². The second-order valence-corrected chi connectivity index (χ2v) is 7.32. The number of rotatable bonds is 6. The van der Waals surface area contributed by atoms with Gasteiger partial charge in [-0.1, -0.05) is 30.1 Å². The van der Waals surface area contributed by atoms with Crippen LogP contribution in [-0.2, 0) is 11.3 Å². The molecule has 6 nitrogen and oxygen atoms in total. The van der Waals surface area contributed by atoms with Gasteiger partial charge in [0.05, 0.1) is 5.69 Å². The lowest BCUT2D eigenvalue weighted by molar-refractivity contribution is -0.121. The van der Waals surface area contributed by atoms with Crippen LogP contribution in [0, 0.1) is 0 Å². The Balaban J connectivity index is 2.00. The fraction of sp³-hybridized carbons (Fsp3) is 0.368. The maximum atomic E-state index is 12.5. The first-order valence-electron chi connectivity index (χ1n) is 8.94. The molecule has 27 heavy (non-hydrogen) atoms. The van der Waals surface area contributed by atoms with Crippen LogP contribution in [0.4, 0.5) is 5.82 Å². The number of hydrogen-bond acceptors (Lipinski definition) is 3. The van der Waals surface area contributed by atoms with E-state index in [4.69, 9.17) is 23.2 Å². The van der Waals surface area contributed by atoms with Gasteiger partial charge in [-0.25, -0.2) is 4.79 Å². The molecule has 3 rings (SSSR count). The number of fused-ring (bicyclic) bond motifs is 1. The number of H-pyrrole nitrogens is 1. The third-order valence-corrected chi connectivity index (χ3v) is 4.89. The van der Waals surface area contributed by atoms with Gasteiger partial charge in [0.2, 0.25) is 5.91 Å². The summed E-state index contributed by atoms with van der Waals surface area (Å²) in [5.74, 6) is 0.555. The molecule has 1 aromatic heterocycles. The summed E-state index contributed by atoms with van der Waals surface area (Å²) >= 11 is 12.3. The van der Waals surface area contributed by atoms with Crippen molar-refractivity contribution in [2.75, 3.05) is 24.5 Å². The molecule has 0 radical (unpaired) electrons. The number of amides is 1. The van der Waals surface area contributed by atoms with Crippen molar-refractivity contribution in [3.05, 3.63) is 50.0 Å². The molecule has 0 atom stereocenters. The van der Waals surface area contributed by atoms with Gasteiger partial charge >= 0.3 is 5.69 Å². The van der Waals surface area contributed by atoms with Crippen molar-refractivity contribution < 1.29 is 4.79 Å². The minimum atomic E-state index is -0.299. The van der Waals surface area contributed by atoms with E-state index in [0.717, 1.165) is 23.4 Å². The van der Waals surface area contributed by atoms with E-state index in [-0.39, 0.29) is 18.1 Å². The lowest BCUT2D eigenvalue weighted by atomic mass is 10.0. The van der Waals surface area contributed by atoms with Crippen molar-refractivity contribution in [1.29, 1.82) is 0 Å². The molecule has 2 N–H and O–H groups in total. The maximum absolute atomic E-state index is 12.5. The van der Waals surface area contributed by atoms with E-state index in [1.54, 1.807) is 6.07 Å². The summed E-state index contributed by atoms with van der Waals surface area (Å²) in [5, 5.41) is 3.93. The molecular formula is C19H22Cl2N4O2. The quantitative estimate of drug-likeness (QED) is 0.769. The van der Waals surface area contributed by atoms with Gasteiger partial charge in [0.1, 0.15) is 12.4 Å². The van der Waals surface area contributed by atoms with Crippen molar-refractivity contribution in [3.63, 3.8) is 0 Å². The van der Waals surface area contributed by atoms with Crippen LogP contribution in [0.2, 0.25) is 10.0 Å². The number of benzene rings is 1. The van der Waals surface area contributed by atoms with Crippen molar-refractivity contribution in [3.8, 4) is 0 Å². The van der Waals surface area contributed by atoms with Gasteiger partial charge in [-0.05, 0) is 48.8 Å². The third-order valence-electron chi connectivity index (χ3n) is 4.45. The topological polar surface area (TPSA) is 70.1 Å². The number of carbonyl (C=O) groups is 1. The first kappa shape index (κ1) is 19.6. The molecule has 0 aliphatic carbocycles. The Morgan fingerprint density at radius 1 is 1.22 bits per heavy atom. The van der Waals surface area contributed by atoms with Crippen molar-refractivity contribution >= 4 is 46.6 Å². The number of imidazole rings is 1. The standard InChI is InChI=1S/C19H22Cl2N4O2/c1-3-5-22-17(26)11-25-18-16(23-19(25)27)8-13(10-24(18)4-2)12-6-14(20)9-15(21)7-12/h6-9H,3-5,10-11H2,1-2H3,(H,22,26)(H,23,27). The Labute approximate surface area is 167 Å². The summed E-state index contributed by atoms with van der Waals surface area (Å²) in [4.78, 5) is 29.5. The first-order chi connectivity index (χ1) is 12.9. The third kappa shape index (κ3) is 4.22. The predicted octanol–water partition coefficient (Wildman–Crippen LogP) is 3.39. The second kappa shape index (κ2) is 8.23. The van der Waals surface area contributed by atoms with E-state index in [2.05, 4.69) is 15.2 Å². The van der Waals surface area contributed by atoms with Gasteiger partial charge in [-0.15, -0.1) is 0 Å². The zero-order chi connectivity index (χ0) is 19.6. The fourth-order valence-electron chi connectivity index (χ4n) is 3.21. The molecule has 0 saturated heterocycles. The van der Waals surface area contributed by atoms with E-state index >= 15 is 0 Å². The van der Waals surface area contributed by atoms with E-state index in [1.165, 1.54) is 4.57 Å². The largest absolute Gasteiger partial charge is 0.355 e. The number of nitrogens with one attached hydrogen (secondary N) is 2. The highest BCUT2D eigenvalue weighted by Crippen LogP contribution is 2.33. The Kier molecular flexibility index (Phi) is 5.97. The lowest BCUT2D eigenvalue weighted by Crippen LogP contribution is -2.36. The van der Waals surface area contributed by atoms with Crippen molar-refractivity contribution in [2.45, 2.75) is 26.8 Å². The monoisotopic (exact) mass is 408 g/mol. The summed E-state index contributed by atoms with van der Waals surface area (Å²) in [6.07, 6.45) is 2.77. The SMILES string of the molecule is CCCNC(=O)Cn1c2c([nH]c1=O)C=C(c1cc(Cl)cc(Cl)c1)CN2CC. The molecule has 0 unspecified atom stereocenters. The molecule has 0 fully saturated rings. The van der Waals surface area contributed by atoms with Crippen LogP contribution in [0.15, 0.2) is 23.0 Å². The maximum Gasteiger partial charge on any atom is 0.328 e. The number of halogens is 2. The van der Waals surface area contributed by atoms with Crippen LogP contribution in [0.25, 0.3) is 11.6 Å². The molecule has 8 heteroatoms.